The maximum Gasteiger partial charge on any atom is 0.221 e. The first-order valence-corrected chi connectivity index (χ1v) is 8.86. The number of carbonyl (C=O) groups is 1. The predicted molar refractivity (Wildman–Crippen MR) is 109 cm³/mol. The van der Waals surface area contributed by atoms with Gasteiger partial charge in [-0.25, -0.2) is 14.4 Å². The van der Waals surface area contributed by atoms with Gasteiger partial charge in [0.25, 0.3) is 0 Å². The summed E-state index contributed by atoms with van der Waals surface area (Å²) in [6.45, 7) is 1.46. The van der Waals surface area contributed by atoms with Crippen molar-refractivity contribution in [2.75, 3.05) is 17.7 Å². The molecule has 1 amide bonds. The number of ether oxygens (including phenoxy) is 1. The highest BCUT2D eigenvalue weighted by Crippen LogP contribution is 2.29. The van der Waals surface area contributed by atoms with Gasteiger partial charge in [-0.15, -0.1) is 0 Å². The Labute approximate surface area is 166 Å². The van der Waals surface area contributed by atoms with Gasteiger partial charge in [0.1, 0.15) is 11.6 Å². The average Bonchev–Trinajstić information content (AvgIpc) is 3.14. The predicted octanol–water partition coefficient (Wildman–Crippen LogP) is 4.25. The molecule has 8 heteroatoms. The Morgan fingerprint density at radius 3 is 2.55 bits per heavy atom. The van der Waals surface area contributed by atoms with E-state index in [1.165, 1.54) is 20.1 Å². The summed E-state index contributed by atoms with van der Waals surface area (Å²) in [5, 5.41) is 5.92. The molecule has 2 heterocycles. The molecule has 7 nitrogen and oxygen atoms in total. The maximum absolute atomic E-state index is 14.5. The SMILES string of the molecule is COc1ccc(-c2cnc3c(Nc4ccc(NC(C)=O)cc4)nccn23)c(F)c1. The van der Waals surface area contributed by atoms with Crippen molar-refractivity contribution in [1.82, 2.24) is 14.4 Å². The van der Waals surface area contributed by atoms with E-state index >= 15 is 0 Å². The van der Waals surface area contributed by atoms with E-state index in [0.717, 1.165) is 5.69 Å². The van der Waals surface area contributed by atoms with Crippen molar-refractivity contribution in [2.45, 2.75) is 6.92 Å². The Kier molecular flexibility index (Phi) is 4.82. The van der Waals surface area contributed by atoms with Crippen LogP contribution in [0.15, 0.2) is 61.1 Å². The minimum absolute atomic E-state index is 0.132. The van der Waals surface area contributed by atoms with Gasteiger partial charge >= 0.3 is 0 Å². The second-order valence-corrected chi connectivity index (χ2v) is 6.34. The molecule has 4 rings (SSSR count). The third-order valence-electron chi connectivity index (χ3n) is 4.35. The van der Waals surface area contributed by atoms with Crippen molar-refractivity contribution < 1.29 is 13.9 Å². The first-order valence-electron chi connectivity index (χ1n) is 8.86. The van der Waals surface area contributed by atoms with Gasteiger partial charge in [-0.05, 0) is 36.4 Å². The van der Waals surface area contributed by atoms with Crippen LogP contribution in [0.4, 0.5) is 21.6 Å². The van der Waals surface area contributed by atoms with Gasteiger partial charge in [0, 0.05) is 42.3 Å². The van der Waals surface area contributed by atoms with Gasteiger partial charge in [0.2, 0.25) is 5.91 Å². The molecular formula is C21H18FN5O2. The topological polar surface area (TPSA) is 80.5 Å². The van der Waals surface area contributed by atoms with Crippen molar-refractivity contribution in [3.8, 4) is 17.0 Å². The zero-order valence-corrected chi connectivity index (χ0v) is 15.8. The Hall–Kier alpha value is -3.94. The monoisotopic (exact) mass is 391 g/mol. The highest BCUT2D eigenvalue weighted by molar-refractivity contribution is 5.89. The van der Waals surface area contributed by atoms with Crippen LogP contribution in [0.2, 0.25) is 0 Å². The summed E-state index contributed by atoms with van der Waals surface area (Å²) < 4.78 is 21.4. The van der Waals surface area contributed by atoms with Gasteiger partial charge in [0.05, 0.1) is 19.0 Å². The molecule has 2 aromatic carbocycles. The smallest absolute Gasteiger partial charge is 0.221 e. The van der Waals surface area contributed by atoms with E-state index in [0.29, 0.717) is 34.2 Å². The molecule has 4 aromatic rings. The van der Waals surface area contributed by atoms with Crippen molar-refractivity contribution in [3.05, 3.63) is 66.9 Å². The molecule has 0 fully saturated rings. The molecule has 0 atom stereocenters. The fourth-order valence-electron chi connectivity index (χ4n) is 3.01. The molecule has 2 N–H and O–H groups in total. The quantitative estimate of drug-likeness (QED) is 0.532. The summed E-state index contributed by atoms with van der Waals surface area (Å²) in [5.41, 5.74) is 3.05. The third-order valence-corrected chi connectivity index (χ3v) is 4.35. The maximum atomic E-state index is 14.5. The number of halogens is 1. The average molecular weight is 391 g/mol. The third kappa shape index (κ3) is 3.73. The van der Waals surface area contributed by atoms with Crippen molar-refractivity contribution >= 4 is 28.7 Å². The molecule has 29 heavy (non-hydrogen) atoms. The van der Waals surface area contributed by atoms with E-state index in [-0.39, 0.29) is 5.91 Å². The molecule has 0 unspecified atom stereocenters. The molecule has 146 valence electrons. The first-order chi connectivity index (χ1) is 14.0. The summed E-state index contributed by atoms with van der Waals surface area (Å²) in [5.74, 6) is 0.450. The number of nitrogens with zero attached hydrogens (tertiary/aromatic N) is 3. The standard InChI is InChI=1S/C21H18FN5O2/c1-13(28)25-14-3-5-15(6-4-14)26-20-21-24-12-19(27(21)10-9-23-20)17-8-7-16(29-2)11-18(17)22/h3-12H,1-2H3,(H,23,26)(H,25,28). The number of benzene rings is 2. The van der Waals surface area contributed by atoms with E-state index < -0.39 is 5.82 Å². The van der Waals surface area contributed by atoms with Gasteiger partial charge < -0.3 is 15.4 Å². The Balaban J connectivity index is 1.67. The minimum atomic E-state index is -0.397. The van der Waals surface area contributed by atoms with Gasteiger partial charge in [0.15, 0.2) is 11.5 Å². The van der Waals surface area contributed by atoms with Gasteiger partial charge in [-0.2, -0.15) is 0 Å². The number of aromatic nitrogens is 3. The number of nitrogens with one attached hydrogen (secondary N) is 2. The van der Waals surface area contributed by atoms with E-state index in [2.05, 4.69) is 20.6 Å². The van der Waals surface area contributed by atoms with Crippen LogP contribution in [-0.2, 0) is 4.79 Å². The number of anilines is 3. The lowest BCUT2D eigenvalue weighted by molar-refractivity contribution is -0.114. The number of carbonyl (C=O) groups excluding carboxylic acids is 1. The zero-order chi connectivity index (χ0) is 20.4. The highest BCUT2D eigenvalue weighted by Gasteiger charge is 2.14. The van der Waals surface area contributed by atoms with E-state index in [4.69, 9.17) is 4.74 Å². The summed E-state index contributed by atoms with van der Waals surface area (Å²) in [6.07, 6.45) is 4.95. The van der Waals surface area contributed by atoms with Crippen LogP contribution < -0.4 is 15.4 Å². The number of fused-ring (bicyclic) bond motifs is 1. The summed E-state index contributed by atoms with van der Waals surface area (Å²) in [6, 6.07) is 11.9. The Morgan fingerprint density at radius 1 is 1.10 bits per heavy atom. The number of methoxy groups -OCH3 is 1. The summed E-state index contributed by atoms with van der Waals surface area (Å²) in [4.78, 5) is 19.9. The van der Waals surface area contributed by atoms with Crippen LogP contribution in [0, 0.1) is 5.82 Å². The molecule has 0 spiro atoms. The molecule has 0 bridgehead atoms. The molecule has 0 aliphatic heterocycles. The summed E-state index contributed by atoms with van der Waals surface area (Å²) >= 11 is 0. The van der Waals surface area contributed by atoms with Crippen LogP contribution in [0.3, 0.4) is 0 Å². The molecule has 2 aromatic heterocycles. The van der Waals surface area contributed by atoms with Crippen LogP contribution in [0.1, 0.15) is 6.92 Å². The van der Waals surface area contributed by atoms with Crippen LogP contribution >= 0.6 is 0 Å². The number of hydrogen-bond donors (Lipinski definition) is 2. The van der Waals surface area contributed by atoms with E-state index in [1.54, 1.807) is 47.3 Å². The number of imidazole rings is 1. The fraction of sp³-hybridized carbons (Fsp3) is 0.0952. The number of amides is 1. The van der Waals surface area contributed by atoms with E-state index in [1.807, 2.05) is 12.1 Å². The second kappa shape index (κ2) is 7.59. The molecular weight excluding hydrogens is 373 g/mol. The van der Waals surface area contributed by atoms with Crippen molar-refractivity contribution in [3.63, 3.8) is 0 Å². The first kappa shape index (κ1) is 18.4. The lowest BCUT2D eigenvalue weighted by Crippen LogP contribution is -2.05. The van der Waals surface area contributed by atoms with Crippen molar-refractivity contribution in [2.24, 2.45) is 0 Å². The summed E-state index contributed by atoms with van der Waals surface area (Å²) in [7, 11) is 1.50. The minimum Gasteiger partial charge on any atom is -0.497 e. The molecule has 0 radical (unpaired) electrons. The zero-order valence-electron chi connectivity index (χ0n) is 15.8. The fourth-order valence-corrected chi connectivity index (χ4v) is 3.01. The molecule has 0 aliphatic carbocycles. The molecule has 0 aliphatic rings. The lowest BCUT2D eigenvalue weighted by Gasteiger charge is -2.09. The van der Waals surface area contributed by atoms with E-state index in [9.17, 15) is 9.18 Å². The van der Waals surface area contributed by atoms with Crippen LogP contribution in [0.5, 0.6) is 5.75 Å². The normalized spacial score (nSPS) is 10.7. The Morgan fingerprint density at radius 2 is 1.86 bits per heavy atom. The largest absolute Gasteiger partial charge is 0.497 e. The van der Waals surface area contributed by atoms with Gasteiger partial charge in [-0.1, -0.05) is 0 Å². The Bertz CT molecular complexity index is 1190. The number of rotatable bonds is 5. The molecule has 0 saturated carbocycles. The van der Waals surface area contributed by atoms with Crippen LogP contribution in [-0.4, -0.2) is 27.4 Å². The van der Waals surface area contributed by atoms with Gasteiger partial charge in [-0.3, -0.25) is 9.20 Å². The lowest BCUT2D eigenvalue weighted by atomic mass is 10.1. The van der Waals surface area contributed by atoms with Crippen LogP contribution in [0.25, 0.3) is 16.9 Å². The second-order valence-electron chi connectivity index (χ2n) is 6.34. The van der Waals surface area contributed by atoms with Crippen molar-refractivity contribution in [1.29, 1.82) is 0 Å². The molecule has 0 saturated heterocycles. The highest BCUT2D eigenvalue weighted by atomic mass is 19.1. The number of hydrogen-bond acceptors (Lipinski definition) is 5.